The molecule has 0 unspecified atom stereocenters. The van der Waals surface area contributed by atoms with Crippen molar-refractivity contribution in [1.29, 1.82) is 0 Å². The van der Waals surface area contributed by atoms with E-state index in [9.17, 15) is 4.79 Å². The van der Waals surface area contributed by atoms with Crippen LogP contribution in [0.25, 0.3) is 0 Å². The van der Waals surface area contributed by atoms with E-state index in [0.717, 1.165) is 37.8 Å². The number of rotatable bonds is 5. The van der Waals surface area contributed by atoms with E-state index in [4.69, 9.17) is 0 Å². The highest BCUT2D eigenvalue weighted by Gasteiger charge is 2.41. The van der Waals surface area contributed by atoms with E-state index in [-0.39, 0.29) is 5.91 Å². The molecule has 2 aliphatic heterocycles. The molecule has 1 amide bonds. The van der Waals surface area contributed by atoms with E-state index in [1.165, 1.54) is 12.8 Å². The van der Waals surface area contributed by atoms with Crippen LogP contribution in [0.5, 0.6) is 0 Å². The normalized spacial score (nSPS) is 27.8. The third kappa shape index (κ3) is 3.05. The first-order valence-corrected chi connectivity index (χ1v) is 8.78. The topological polar surface area (TPSA) is 23.6 Å². The van der Waals surface area contributed by atoms with Crippen LogP contribution in [-0.2, 0) is 0 Å². The summed E-state index contributed by atoms with van der Waals surface area (Å²) in [6.07, 6.45) is 7.14. The Labute approximate surface area is 134 Å². The summed E-state index contributed by atoms with van der Waals surface area (Å²) in [7, 11) is 2.26. The molecule has 0 spiro atoms. The maximum absolute atomic E-state index is 13.0. The van der Waals surface area contributed by atoms with Gasteiger partial charge in [-0.25, -0.2) is 0 Å². The summed E-state index contributed by atoms with van der Waals surface area (Å²) in [5.41, 5.74) is 0.838. The van der Waals surface area contributed by atoms with Gasteiger partial charge in [-0.15, -0.1) is 0 Å². The van der Waals surface area contributed by atoms with E-state index in [0.29, 0.717) is 18.1 Å². The van der Waals surface area contributed by atoms with Gasteiger partial charge in [0.05, 0.1) is 0 Å². The standard InChI is InChI=1S/C19H28N2O/c1-3-4-12-21(19(22)15-8-6-5-7-9-15)18-13-16-10-11-17(14-18)20(16)2/h5-9,16-18H,3-4,10-14H2,1-2H3/t16-,17-/m0/s1. The van der Waals surface area contributed by atoms with Gasteiger partial charge in [0, 0.05) is 30.2 Å². The van der Waals surface area contributed by atoms with Crippen LogP contribution >= 0.6 is 0 Å². The number of carbonyl (C=O) groups excluding carboxylic acids is 1. The minimum atomic E-state index is 0.225. The monoisotopic (exact) mass is 300 g/mol. The first-order chi connectivity index (χ1) is 10.7. The molecule has 0 aromatic heterocycles. The lowest BCUT2D eigenvalue weighted by Crippen LogP contribution is -2.51. The number of amides is 1. The molecule has 2 bridgehead atoms. The van der Waals surface area contributed by atoms with Crippen LogP contribution < -0.4 is 0 Å². The number of unbranched alkanes of at least 4 members (excludes halogenated alkanes) is 1. The molecule has 0 radical (unpaired) electrons. The average Bonchev–Trinajstić information content (AvgIpc) is 2.77. The minimum absolute atomic E-state index is 0.225. The van der Waals surface area contributed by atoms with Crippen molar-refractivity contribution in [3.05, 3.63) is 35.9 Å². The van der Waals surface area contributed by atoms with E-state index in [1.807, 2.05) is 30.3 Å². The predicted octanol–water partition coefficient (Wildman–Crippen LogP) is 3.55. The Kier molecular flexibility index (Phi) is 4.82. The summed E-state index contributed by atoms with van der Waals surface area (Å²) in [6.45, 7) is 3.10. The summed E-state index contributed by atoms with van der Waals surface area (Å²) in [6, 6.07) is 11.6. The Morgan fingerprint density at radius 1 is 1.18 bits per heavy atom. The third-order valence-corrected chi connectivity index (χ3v) is 5.55. The molecule has 2 saturated heterocycles. The zero-order valence-corrected chi connectivity index (χ0v) is 13.9. The van der Waals surface area contributed by atoms with Gasteiger partial charge in [-0.2, -0.15) is 0 Å². The van der Waals surface area contributed by atoms with Crippen molar-refractivity contribution in [2.75, 3.05) is 13.6 Å². The molecule has 0 saturated carbocycles. The molecule has 3 rings (SSSR count). The van der Waals surface area contributed by atoms with Gasteiger partial charge >= 0.3 is 0 Å². The summed E-state index contributed by atoms with van der Waals surface area (Å²) in [5.74, 6) is 0.225. The molecule has 3 heteroatoms. The molecular formula is C19H28N2O. The van der Waals surface area contributed by atoms with E-state index < -0.39 is 0 Å². The molecule has 1 aromatic carbocycles. The summed E-state index contributed by atoms with van der Waals surface area (Å²) in [4.78, 5) is 17.7. The maximum Gasteiger partial charge on any atom is 0.254 e. The summed E-state index contributed by atoms with van der Waals surface area (Å²) >= 11 is 0. The fourth-order valence-corrected chi connectivity index (χ4v) is 4.16. The second-order valence-electron chi connectivity index (χ2n) is 6.89. The zero-order chi connectivity index (χ0) is 15.5. The van der Waals surface area contributed by atoms with E-state index in [1.54, 1.807) is 0 Å². The van der Waals surface area contributed by atoms with Crippen molar-refractivity contribution in [3.8, 4) is 0 Å². The second kappa shape index (κ2) is 6.82. The van der Waals surface area contributed by atoms with Crippen molar-refractivity contribution in [3.63, 3.8) is 0 Å². The molecule has 120 valence electrons. The van der Waals surface area contributed by atoms with E-state index >= 15 is 0 Å². The van der Waals surface area contributed by atoms with Gasteiger partial charge in [-0.1, -0.05) is 31.5 Å². The first kappa shape index (κ1) is 15.5. The molecule has 2 atom stereocenters. The van der Waals surface area contributed by atoms with E-state index in [2.05, 4.69) is 23.8 Å². The lowest BCUT2D eigenvalue weighted by atomic mass is 9.95. The number of piperidine rings is 1. The molecule has 1 aromatic rings. The molecule has 2 aliphatic rings. The number of nitrogens with zero attached hydrogens (tertiary/aromatic N) is 2. The highest BCUT2D eigenvalue weighted by atomic mass is 16.2. The largest absolute Gasteiger partial charge is 0.336 e. The molecule has 0 aliphatic carbocycles. The number of hydrogen-bond donors (Lipinski definition) is 0. The quantitative estimate of drug-likeness (QED) is 0.830. The maximum atomic E-state index is 13.0. The molecule has 22 heavy (non-hydrogen) atoms. The van der Waals surface area contributed by atoms with Crippen LogP contribution in [0.4, 0.5) is 0 Å². The van der Waals surface area contributed by atoms with Crippen LogP contribution in [0, 0.1) is 0 Å². The highest BCUT2D eigenvalue weighted by molar-refractivity contribution is 5.94. The highest BCUT2D eigenvalue weighted by Crippen LogP contribution is 2.36. The average molecular weight is 300 g/mol. The van der Waals surface area contributed by atoms with Gasteiger partial charge in [0.25, 0.3) is 5.91 Å². The smallest absolute Gasteiger partial charge is 0.254 e. The number of carbonyl (C=O) groups is 1. The van der Waals surface area contributed by atoms with Gasteiger partial charge in [0.2, 0.25) is 0 Å². The summed E-state index contributed by atoms with van der Waals surface area (Å²) in [5, 5.41) is 0. The number of hydrogen-bond acceptors (Lipinski definition) is 2. The lowest BCUT2D eigenvalue weighted by molar-refractivity contribution is 0.0480. The van der Waals surface area contributed by atoms with Crippen LogP contribution in [0.3, 0.4) is 0 Å². The number of fused-ring (bicyclic) bond motifs is 2. The molecule has 0 N–H and O–H groups in total. The fraction of sp³-hybridized carbons (Fsp3) is 0.632. The van der Waals surface area contributed by atoms with Gasteiger partial charge in [0.15, 0.2) is 0 Å². The van der Waals surface area contributed by atoms with Crippen LogP contribution in [0.2, 0.25) is 0 Å². The first-order valence-electron chi connectivity index (χ1n) is 8.78. The van der Waals surface area contributed by atoms with Gasteiger partial charge in [-0.3, -0.25) is 4.79 Å². The second-order valence-corrected chi connectivity index (χ2v) is 6.89. The molecule has 3 nitrogen and oxygen atoms in total. The zero-order valence-electron chi connectivity index (χ0n) is 13.9. The predicted molar refractivity (Wildman–Crippen MR) is 90.0 cm³/mol. The van der Waals surface area contributed by atoms with Crippen LogP contribution in [0.1, 0.15) is 55.8 Å². The summed E-state index contributed by atoms with van der Waals surface area (Å²) < 4.78 is 0. The minimum Gasteiger partial charge on any atom is -0.336 e. The van der Waals surface area contributed by atoms with Crippen LogP contribution in [0.15, 0.2) is 30.3 Å². The number of benzene rings is 1. The van der Waals surface area contributed by atoms with Gasteiger partial charge in [0.1, 0.15) is 0 Å². The SMILES string of the molecule is CCCCN(C(=O)c1ccccc1)C1C[C@@H]2CC[C@@H](C1)N2C. The van der Waals surface area contributed by atoms with Gasteiger partial charge in [-0.05, 0) is 51.3 Å². The van der Waals surface area contributed by atoms with Crippen molar-refractivity contribution in [2.45, 2.75) is 63.6 Å². The van der Waals surface area contributed by atoms with Crippen molar-refractivity contribution in [2.24, 2.45) is 0 Å². The Bertz CT molecular complexity index is 487. The van der Waals surface area contributed by atoms with Crippen molar-refractivity contribution < 1.29 is 4.79 Å². The molecule has 2 heterocycles. The Morgan fingerprint density at radius 3 is 2.41 bits per heavy atom. The Balaban J connectivity index is 1.77. The third-order valence-electron chi connectivity index (χ3n) is 5.55. The molecular weight excluding hydrogens is 272 g/mol. The van der Waals surface area contributed by atoms with Crippen molar-refractivity contribution in [1.82, 2.24) is 9.80 Å². The van der Waals surface area contributed by atoms with Crippen molar-refractivity contribution >= 4 is 5.91 Å². The molecule has 2 fully saturated rings. The van der Waals surface area contributed by atoms with Crippen LogP contribution in [-0.4, -0.2) is 47.4 Å². The van der Waals surface area contributed by atoms with Gasteiger partial charge < -0.3 is 9.80 Å². The fourth-order valence-electron chi connectivity index (χ4n) is 4.16. The Morgan fingerprint density at radius 2 is 1.82 bits per heavy atom. The Hall–Kier alpha value is -1.35. The lowest BCUT2D eigenvalue weighted by Gasteiger charge is -2.42.